The quantitative estimate of drug-likeness (QED) is 0.688. The van der Waals surface area contributed by atoms with Gasteiger partial charge >= 0.3 is 5.97 Å². The summed E-state index contributed by atoms with van der Waals surface area (Å²) in [5.74, 6) is 0.296. The van der Waals surface area contributed by atoms with E-state index in [1.54, 1.807) is 24.3 Å². The van der Waals surface area contributed by atoms with E-state index in [1.807, 2.05) is 23.6 Å². The highest BCUT2D eigenvalue weighted by Gasteiger charge is 2.33. The van der Waals surface area contributed by atoms with Crippen molar-refractivity contribution in [2.24, 2.45) is 5.92 Å². The lowest BCUT2D eigenvalue weighted by molar-refractivity contribution is 0.0528. The fraction of sp³-hybridized carbons (Fsp3) is 0.600. The molecule has 0 spiro atoms. The Morgan fingerprint density at radius 2 is 2.00 bits per heavy atom. The SMILES string of the molecule is CCOC(=O)c1c(C)c(C(C)C2CCN(S(=O)(=O)CC)CC2)n2ncccc12. The van der Waals surface area contributed by atoms with E-state index in [9.17, 15) is 13.2 Å². The van der Waals surface area contributed by atoms with Gasteiger partial charge in [0.05, 0.1) is 23.4 Å². The molecule has 1 atom stereocenters. The number of nitrogens with zero attached hydrogens (tertiary/aromatic N) is 3. The van der Waals surface area contributed by atoms with Crippen molar-refractivity contribution in [2.45, 2.75) is 46.5 Å². The maximum absolute atomic E-state index is 12.5. The lowest BCUT2D eigenvalue weighted by Crippen LogP contribution is -2.40. The molecular formula is C20H29N3O4S. The van der Waals surface area contributed by atoms with Crippen LogP contribution in [0.2, 0.25) is 0 Å². The number of hydrogen-bond acceptors (Lipinski definition) is 5. The van der Waals surface area contributed by atoms with Crippen molar-refractivity contribution in [1.29, 1.82) is 0 Å². The molecule has 28 heavy (non-hydrogen) atoms. The highest BCUT2D eigenvalue weighted by atomic mass is 32.2. The number of piperidine rings is 1. The topological polar surface area (TPSA) is 81.0 Å². The highest BCUT2D eigenvalue weighted by molar-refractivity contribution is 7.89. The van der Waals surface area contributed by atoms with Crippen molar-refractivity contribution < 1.29 is 17.9 Å². The predicted molar refractivity (Wildman–Crippen MR) is 108 cm³/mol. The van der Waals surface area contributed by atoms with E-state index in [0.29, 0.717) is 31.2 Å². The van der Waals surface area contributed by atoms with Crippen LogP contribution in [0.1, 0.15) is 61.1 Å². The fourth-order valence-corrected chi connectivity index (χ4v) is 5.42. The fourth-order valence-electron chi connectivity index (χ4n) is 4.29. The van der Waals surface area contributed by atoms with Gasteiger partial charge in [-0.05, 0) is 57.2 Å². The summed E-state index contributed by atoms with van der Waals surface area (Å²) in [5.41, 5.74) is 3.23. The number of sulfonamides is 1. The zero-order valence-electron chi connectivity index (χ0n) is 17.0. The van der Waals surface area contributed by atoms with Crippen LogP contribution in [0.3, 0.4) is 0 Å². The van der Waals surface area contributed by atoms with Crippen LogP contribution in [0.25, 0.3) is 5.52 Å². The Bertz CT molecular complexity index is 959. The minimum atomic E-state index is -3.14. The molecule has 1 fully saturated rings. The molecule has 0 aromatic carbocycles. The number of esters is 1. The molecule has 7 nitrogen and oxygen atoms in total. The molecule has 0 N–H and O–H groups in total. The molecule has 1 aliphatic rings. The van der Waals surface area contributed by atoms with Crippen LogP contribution in [-0.4, -0.2) is 53.8 Å². The first kappa shape index (κ1) is 20.8. The number of carbonyl (C=O) groups is 1. The summed E-state index contributed by atoms with van der Waals surface area (Å²) in [6, 6.07) is 3.71. The van der Waals surface area contributed by atoms with Gasteiger partial charge < -0.3 is 4.74 Å². The minimum Gasteiger partial charge on any atom is -0.462 e. The van der Waals surface area contributed by atoms with E-state index >= 15 is 0 Å². The third kappa shape index (κ3) is 3.67. The van der Waals surface area contributed by atoms with Gasteiger partial charge in [-0.25, -0.2) is 22.0 Å². The molecule has 3 heterocycles. The molecule has 3 rings (SSSR count). The van der Waals surface area contributed by atoms with Gasteiger partial charge in [0.1, 0.15) is 0 Å². The van der Waals surface area contributed by atoms with Crippen LogP contribution < -0.4 is 0 Å². The summed E-state index contributed by atoms with van der Waals surface area (Å²) in [4.78, 5) is 12.5. The van der Waals surface area contributed by atoms with Gasteiger partial charge in [-0.3, -0.25) is 0 Å². The monoisotopic (exact) mass is 407 g/mol. The highest BCUT2D eigenvalue weighted by Crippen LogP contribution is 2.37. The molecule has 1 saturated heterocycles. The largest absolute Gasteiger partial charge is 0.462 e. The minimum absolute atomic E-state index is 0.141. The number of fused-ring (bicyclic) bond motifs is 1. The molecular weight excluding hydrogens is 378 g/mol. The van der Waals surface area contributed by atoms with Crippen LogP contribution in [0.4, 0.5) is 0 Å². The lowest BCUT2D eigenvalue weighted by Gasteiger charge is -2.34. The Kier molecular flexibility index (Phi) is 6.09. The Morgan fingerprint density at radius 3 is 2.61 bits per heavy atom. The summed E-state index contributed by atoms with van der Waals surface area (Å²) in [5, 5.41) is 4.49. The summed E-state index contributed by atoms with van der Waals surface area (Å²) in [7, 11) is -3.14. The Balaban J connectivity index is 1.92. The van der Waals surface area contributed by atoms with Crippen molar-refractivity contribution in [3.05, 3.63) is 35.2 Å². The Labute approximate surface area is 166 Å². The average Bonchev–Trinajstić information content (AvgIpc) is 2.99. The molecule has 0 bridgehead atoms. The first-order chi connectivity index (χ1) is 13.3. The molecule has 154 valence electrons. The van der Waals surface area contributed by atoms with Crippen LogP contribution in [0, 0.1) is 12.8 Å². The second-order valence-electron chi connectivity index (χ2n) is 7.35. The molecule has 8 heteroatoms. The first-order valence-corrected chi connectivity index (χ1v) is 11.5. The number of aromatic nitrogens is 2. The summed E-state index contributed by atoms with van der Waals surface area (Å²) in [6.07, 6.45) is 3.32. The second kappa shape index (κ2) is 8.21. The van der Waals surface area contributed by atoms with Gasteiger partial charge in [0, 0.05) is 30.9 Å². The molecule has 0 saturated carbocycles. The molecule has 2 aromatic rings. The molecule has 2 aromatic heterocycles. The van der Waals surface area contributed by atoms with Crippen molar-refractivity contribution >= 4 is 21.5 Å². The van der Waals surface area contributed by atoms with Gasteiger partial charge in [0.2, 0.25) is 10.0 Å². The predicted octanol–water partition coefficient (Wildman–Crippen LogP) is 2.98. The second-order valence-corrected chi connectivity index (χ2v) is 9.61. The van der Waals surface area contributed by atoms with Crippen LogP contribution in [0.5, 0.6) is 0 Å². The van der Waals surface area contributed by atoms with Gasteiger partial charge in [0.15, 0.2) is 0 Å². The van der Waals surface area contributed by atoms with Crippen molar-refractivity contribution in [1.82, 2.24) is 13.9 Å². The summed E-state index contributed by atoms with van der Waals surface area (Å²) >= 11 is 0. The van der Waals surface area contributed by atoms with E-state index in [1.165, 1.54) is 0 Å². The molecule has 0 amide bonds. The number of ether oxygens (including phenoxy) is 1. The van der Waals surface area contributed by atoms with E-state index < -0.39 is 10.0 Å². The third-order valence-corrected chi connectivity index (χ3v) is 7.75. The zero-order chi connectivity index (χ0) is 20.5. The molecule has 1 aliphatic heterocycles. The summed E-state index contributed by atoms with van der Waals surface area (Å²) in [6.45, 7) is 8.99. The van der Waals surface area contributed by atoms with Gasteiger partial charge in [0.25, 0.3) is 0 Å². The van der Waals surface area contributed by atoms with E-state index in [-0.39, 0.29) is 17.6 Å². The zero-order valence-corrected chi connectivity index (χ0v) is 17.8. The Morgan fingerprint density at radius 1 is 1.32 bits per heavy atom. The third-order valence-electron chi connectivity index (χ3n) is 5.87. The summed E-state index contributed by atoms with van der Waals surface area (Å²) < 4.78 is 33.0. The van der Waals surface area contributed by atoms with E-state index in [0.717, 1.165) is 29.6 Å². The first-order valence-electron chi connectivity index (χ1n) is 9.92. The van der Waals surface area contributed by atoms with Crippen molar-refractivity contribution in [2.75, 3.05) is 25.4 Å². The van der Waals surface area contributed by atoms with Crippen LogP contribution in [0.15, 0.2) is 18.3 Å². The van der Waals surface area contributed by atoms with Crippen molar-refractivity contribution in [3.63, 3.8) is 0 Å². The molecule has 0 radical (unpaired) electrons. The Hall–Kier alpha value is -1.93. The van der Waals surface area contributed by atoms with E-state index in [4.69, 9.17) is 4.74 Å². The normalized spacial score (nSPS) is 17.7. The maximum Gasteiger partial charge on any atom is 0.340 e. The lowest BCUT2D eigenvalue weighted by atomic mass is 9.83. The number of carbonyl (C=O) groups excluding carboxylic acids is 1. The van der Waals surface area contributed by atoms with Crippen LogP contribution >= 0.6 is 0 Å². The standard InChI is InChI=1S/C20H29N3O4S/c1-5-27-20(24)18-15(4)19(23-17(18)8-7-11-21-23)14(3)16-9-12-22(13-10-16)28(25,26)6-2/h7-8,11,14,16H,5-6,9-10,12-13H2,1-4H3. The average molecular weight is 408 g/mol. The van der Waals surface area contributed by atoms with Crippen LogP contribution in [-0.2, 0) is 14.8 Å². The van der Waals surface area contributed by atoms with Crippen molar-refractivity contribution in [3.8, 4) is 0 Å². The van der Waals surface area contributed by atoms with Gasteiger partial charge in [-0.2, -0.15) is 5.10 Å². The number of rotatable bonds is 6. The smallest absolute Gasteiger partial charge is 0.340 e. The molecule has 1 unspecified atom stereocenters. The van der Waals surface area contributed by atoms with Gasteiger partial charge in [-0.1, -0.05) is 6.92 Å². The number of hydrogen-bond donors (Lipinski definition) is 0. The molecule has 0 aliphatic carbocycles. The maximum atomic E-state index is 12.5. The van der Waals surface area contributed by atoms with Gasteiger partial charge in [-0.15, -0.1) is 0 Å². The van der Waals surface area contributed by atoms with E-state index in [2.05, 4.69) is 12.0 Å².